The SMILES string of the molecule is CC[C@@H]1NC[C@H](CCCN=C(N)N)CC(=O)[C@@](C)(NC(=O)C(C)C)CCCCCCNC1=O. The molecule has 0 spiro atoms. The lowest BCUT2D eigenvalue weighted by Crippen LogP contribution is -2.54. The Morgan fingerprint density at radius 1 is 1.21 bits per heavy atom. The van der Waals surface area contributed by atoms with Gasteiger partial charge in [0.15, 0.2) is 11.7 Å². The third-order valence-electron chi connectivity index (χ3n) is 6.36. The highest BCUT2D eigenvalue weighted by Crippen LogP contribution is 2.23. The summed E-state index contributed by atoms with van der Waals surface area (Å²) in [7, 11) is 0. The number of hydrogen-bond donors (Lipinski definition) is 5. The molecule has 0 aromatic heterocycles. The Kier molecular flexibility index (Phi) is 13.0. The predicted molar refractivity (Wildman–Crippen MR) is 133 cm³/mol. The lowest BCUT2D eigenvalue weighted by atomic mass is 9.83. The Morgan fingerprint density at radius 3 is 2.55 bits per heavy atom. The first-order valence-electron chi connectivity index (χ1n) is 12.5. The number of aliphatic imine (C=N–C) groups is 1. The van der Waals surface area contributed by atoms with Crippen LogP contribution in [0.2, 0.25) is 0 Å². The maximum absolute atomic E-state index is 13.5. The number of nitrogens with zero attached hydrogens (tertiary/aromatic N) is 1. The molecule has 1 aliphatic heterocycles. The molecule has 1 heterocycles. The molecule has 9 heteroatoms. The average molecular weight is 467 g/mol. The molecule has 0 unspecified atom stereocenters. The predicted octanol–water partition coefficient (Wildman–Crippen LogP) is 1.59. The van der Waals surface area contributed by atoms with Crippen LogP contribution in [-0.2, 0) is 14.4 Å². The fraction of sp³-hybridized carbons (Fsp3) is 0.833. The monoisotopic (exact) mass is 466 g/mol. The van der Waals surface area contributed by atoms with Crippen LogP contribution in [0.25, 0.3) is 0 Å². The van der Waals surface area contributed by atoms with Gasteiger partial charge >= 0.3 is 0 Å². The van der Waals surface area contributed by atoms with Gasteiger partial charge in [-0.25, -0.2) is 0 Å². The van der Waals surface area contributed by atoms with Crippen molar-refractivity contribution >= 4 is 23.6 Å². The van der Waals surface area contributed by atoms with E-state index in [9.17, 15) is 14.4 Å². The van der Waals surface area contributed by atoms with E-state index in [2.05, 4.69) is 20.9 Å². The summed E-state index contributed by atoms with van der Waals surface area (Å²) in [5, 5.41) is 9.42. The van der Waals surface area contributed by atoms with Crippen molar-refractivity contribution in [1.82, 2.24) is 16.0 Å². The molecule has 2 amide bonds. The van der Waals surface area contributed by atoms with Crippen molar-refractivity contribution in [2.75, 3.05) is 19.6 Å². The number of guanidine groups is 1. The lowest BCUT2D eigenvalue weighted by molar-refractivity contribution is -0.134. The first kappa shape index (κ1) is 28.9. The topological polar surface area (TPSA) is 152 Å². The zero-order valence-corrected chi connectivity index (χ0v) is 21.0. The standard InChI is InChI=1S/C24H46N6O3/c1-5-19-22(33)27-13-9-7-6-8-12-24(4,30-21(32)17(2)3)20(31)15-18(16-29-19)11-10-14-28-23(25)26/h17-19,29H,5-16H2,1-4H3,(H,27,33)(H,30,32)(H4,25,26,28)/t18-,19+,24+/m1/s1. The number of rotatable bonds is 7. The highest BCUT2D eigenvalue weighted by atomic mass is 16.2. The molecule has 7 N–H and O–H groups in total. The van der Waals surface area contributed by atoms with Crippen molar-refractivity contribution in [3.63, 3.8) is 0 Å². The molecule has 0 aromatic rings. The van der Waals surface area contributed by atoms with Crippen LogP contribution in [-0.4, -0.2) is 54.8 Å². The minimum atomic E-state index is -0.891. The van der Waals surface area contributed by atoms with Crippen LogP contribution in [0.4, 0.5) is 0 Å². The molecule has 0 aliphatic carbocycles. The largest absolute Gasteiger partial charge is 0.370 e. The first-order valence-corrected chi connectivity index (χ1v) is 12.5. The Bertz CT molecular complexity index is 663. The minimum absolute atomic E-state index is 0.00647. The normalized spacial score (nSPS) is 26.1. The van der Waals surface area contributed by atoms with E-state index in [4.69, 9.17) is 11.5 Å². The molecular formula is C24H46N6O3. The van der Waals surface area contributed by atoms with Crippen LogP contribution in [0.15, 0.2) is 4.99 Å². The van der Waals surface area contributed by atoms with Crippen LogP contribution >= 0.6 is 0 Å². The zero-order chi connectivity index (χ0) is 24.9. The zero-order valence-electron chi connectivity index (χ0n) is 21.0. The number of Topliss-reactive ketones (excluding diaryl/α,β-unsaturated/α-hetero) is 1. The van der Waals surface area contributed by atoms with Gasteiger partial charge in [-0.2, -0.15) is 0 Å². The Hall–Kier alpha value is -2.16. The summed E-state index contributed by atoms with van der Waals surface area (Å²) in [4.78, 5) is 42.6. The van der Waals surface area contributed by atoms with E-state index in [1.807, 2.05) is 27.7 Å². The summed E-state index contributed by atoms with van der Waals surface area (Å²) >= 11 is 0. The number of ketones is 1. The van der Waals surface area contributed by atoms with Crippen LogP contribution in [0, 0.1) is 11.8 Å². The second kappa shape index (κ2) is 14.9. The molecule has 1 aliphatic rings. The highest BCUT2D eigenvalue weighted by molar-refractivity contribution is 5.93. The van der Waals surface area contributed by atoms with E-state index in [0.717, 1.165) is 38.5 Å². The van der Waals surface area contributed by atoms with Crippen LogP contribution in [0.1, 0.15) is 85.5 Å². The number of nitrogens with one attached hydrogen (secondary N) is 3. The molecular weight excluding hydrogens is 420 g/mol. The molecule has 1 rings (SSSR count). The van der Waals surface area contributed by atoms with Gasteiger partial charge in [0.05, 0.1) is 11.6 Å². The summed E-state index contributed by atoms with van der Waals surface area (Å²) in [5.41, 5.74) is 9.96. The summed E-state index contributed by atoms with van der Waals surface area (Å²) in [6.07, 6.45) is 6.75. The fourth-order valence-corrected chi connectivity index (χ4v) is 4.06. The molecule has 0 saturated carbocycles. The molecule has 0 radical (unpaired) electrons. The quantitative estimate of drug-likeness (QED) is 0.218. The number of carbonyl (C=O) groups excluding carboxylic acids is 3. The van der Waals surface area contributed by atoms with Gasteiger partial charge < -0.3 is 27.4 Å². The van der Waals surface area contributed by atoms with Gasteiger partial charge in [-0.05, 0) is 51.5 Å². The summed E-state index contributed by atoms with van der Waals surface area (Å²) in [6, 6.07) is -0.294. The Morgan fingerprint density at radius 2 is 1.91 bits per heavy atom. The van der Waals surface area contributed by atoms with Crippen molar-refractivity contribution in [1.29, 1.82) is 0 Å². The van der Waals surface area contributed by atoms with E-state index < -0.39 is 5.54 Å². The Balaban J connectivity index is 3.04. The van der Waals surface area contributed by atoms with Gasteiger partial charge in [0.25, 0.3) is 0 Å². The summed E-state index contributed by atoms with van der Waals surface area (Å²) < 4.78 is 0. The maximum atomic E-state index is 13.5. The molecule has 1 saturated heterocycles. The second-order valence-corrected chi connectivity index (χ2v) is 9.74. The van der Waals surface area contributed by atoms with Crippen LogP contribution in [0.3, 0.4) is 0 Å². The molecule has 3 atom stereocenters. The average Bonchev–Trinajstić information content (AvgIpc) is 2.75. The van der Waals surface area contributed by atoms with Crippen molar-refractivity contribution in [3.05, 3.63) is 0 Å². The smallest absolute Gasteiger partial charge is 0.237 e. The van der Waals surface area contributed by atoms with Gasteiger partial charge in [-0.1, -0.05) is 40.0 Å². The van der Waals surface area contributed by atoms with Crippen molar-refractivity contribution < 1.29 is 14.4 Å². The van der Waals surface area contributed by atoms with Crippen LogP contribution < -0.4 is 27.4 Å². The second-order valence-electron chi connectivity index (χ2n) is 9.74. The lowest BCUT2D eigenvalue weighted by Gasteiger charge is -2.32. The molecule has 0 aromatic carbocycles. The first-order chi connectivity index (χ1) is 15.6. The maximum Gasteiger partial charge on any atom is 0.237 e. The van der Waals surface area contributed by atoms with Crippen molar-refractivity contribution in [2.24, 2.45) is 28.3 Å². The van der Waals surface area contributed by atoms with E-state index in [0.29, 0.717) is 38.9 Å². The molecule has 190 valence electrons. The number of hydrogen-bond acceptors (Lipinski definition) is 5. The summed E-state index contributed by atoms with van der Waals surface area (Å²) in [6.45, 7) is 9.18. The molecule has 9 nitrogen and oxygen atoms in total. The molecule has 1 fully saturated rings. The van der Waals surface area contributed by atoms with E-state index in [1.165, 1.54) is 0 Å². The van der Waals surface area contributed by atoms with Crippen LogP contribution in [0.5, 0.6) is 0 Å². The third kappa shape index (κ3) is 11.0. The van der Waals surface area contributed by atoms with E-state index >= 15 is 0 Å². The van der Waals surface area contributed by atoms with E-state index in [1.54, 1.807) is 0 Å². The Labute approximate surface area is 199 Å². The van der Waals surface area contributed by atoms with Gasteiger partial charge in [-0.3, -0.25) is 19.4 Å². The van der Waals surface area contributed by atoms with Gasteiger partial charge in [0.1, 0.15) is 0 Å². The highest BCUT2D eigenvalue weighted by Gasteiger charge is 2.35. The molecule has 0 bridgehead atoms. The minimum Gasteiger partial charge on any atom is -0.370 e. The summed E-state index contributed by atoms with van der Waals surface area (Å²) in [5.74, 6) is -0.186. The van der Waals surface area contributed by atoms with E-state index in [-0.39, 0.29) is 41.4 Å². The van der Waals surface area contributed by atoms with Gasteiger partial charge in [0.2, 0.25) is 11.8 Å². The van der Waals surface area contributed by atoms with Gasteiger partial charge in [0, 0.05) is 25.4 Å². The third-order valence-corrected chi connectivity index (χ3v) is 6.36. The van der Waals surface area contributed by atoms with Crippen molar-refractivity contribution in [2.45, 2.75) is 97.1 Å². The van der Waals surface area contributed by atoms with Gasteiger partial charge in [-0.15, -0.1) is 0 Å². The number of carbonyl (C=O) groups is 3. The molecule has 33 heavy (non-hydrogen) atoms. The number of amides is 2. The van der Waals surface area contributed by atoms with Crippen molar-refractivity contribution in [3.8, 4) is 0 Å². The fourth-order valence-electron chi connectivity index (χ4n) is 4.06. The number of nitrogens with two attached hydrogens (primary N) is 2.